The summed E-state index contributed by atoms with van der Waals surface area (Å²) in [5, 5.41) is 3.87. The number of benzene rings is 1. The summed E-state index contributed by atoms with van der Waals surface area (Å²) in [6.07, 6.45) is 3.28. The number of carbonyl (C=O) groups excluding carboxylic acids is 1. The van der Waals surface area contributed by atoms with Crippen LogP contribution in [0.1, 0.15) is 50.5 Å². The van der Waals surface area contributed by atoms with Crippen LogP contribution in [0.3, 0.4) is 0 Å². The van der Waals surface area contributed by atoms with Crippen molar-refractivity contribution < 1.29 is 9.53 Å². The first-order chi connectivity index (χ1) is 10.1. The summed E-state index contributed by atoms with van der Waals surface area (Å²) in [5.41, 5.74) is 1.55. The largest absolute Gasteiger partial charge is 0.491 e. The van der Waals surface area contributed by atoms with Gasteiger partial charge in [-0.15, -0.1) is 0 Å². The molecular weight excluding hydrogens is 264 g/mol. The van der Waals surface area contributed by atoms with Crippen LogP contribution in [0.5, 0.6) is 5.75 Å². The molecule has 0 bridgehead atoms. The number of nitrogens with one attached hydrogen (secondary N) is 2. The molecule has 0 saturated carbocycles. The van der Waals surface area contributed by atoms with E-state index >= 15 is 0 Å². The van der Waals surface area contributed by atoms with Crippen molar-refractivity contribution >= 4 is 16.8 Å². The van der Waals surface area contributed by atoms with E-state index in [1.165, 1.54) is 0 Å². The number of carbonyl (C=O) groups is 1. The van der Waals surface area contributed by atoms with Gasteiger partial charge in [-0.2, -0.15) is 0 Å². The average molecular weight is 288 g/mol. The Kier molecular flexibility index (Phi) is 5.26. The fourth-order valence-corrected chi connectivity index (χ4v) is 2.34. The molecule has 1 atom stereocenters. The van der Waals surface area contributed by atoms with Crippen LogP contribution in [0.4, 0.5) is 0 Å². The van der Waals surface area contributed by atoms with Gasteiger partial charge in [-0.1, -0.05) is 20.3 Å². The van der Waals surface area contributed by atoms with Crippen molar-refractivity contribution in [2.24, 2.45) is 0 Å². The minimum atomic E-state index is -0.0603. The third-order valence-electron chi connectivity index (χ3n) is 3.40. The predicted molar refractivity (Wildman–Crippen MR) is 85.9 cm³/mol. The molecule has 0 aliphatic rings. The van der Waals surface area contributed by atoms with Crippen LogP contribution >= 0.6 is 0 Å². The lowest BCUT2D eigenvalue weighted by atomic mass is 10.2. The van der Waals surface area contributed by atoms with Gasteiger partial charge in [0, 0.05) is 17.4 Å². The van der Waals surface area contributed by atoms with Crippen LogP contribution in [0.2, 0.25) is 0 Å². The van der Waals surface area contributed by atoms with Crippen LogP contribution in [0.15, 0.2) is 24.3 Å². The summed E-state index contributed by atoms with van der Waals surface area (Å²) in [4.78, 5) is 15.1. The van der Waals surface area contributed by atoms with Crippen LogP contribution < -0.4 is 10.1 Å². The van der Waals surface area contributed by atoms with Crippen LogP contribution in [0.25, 0.3) is 10.9 Å². The molecule has 114 valence electrons. The molecule has 2 rings (SSSR count). The predicted octanol–water partition coefficient (Wildman–Crippen LogP) is 3.88. The summed E-state index contributed by atoms with van der Waals surface area (Å²) in [6, 6.07) is 7.75. The van der Waals surface area contributed by atoms with Gasteiger partial charge in [-0.3, -0.25) is 4.79 Å². The van der Waals surface area contributed by atoms with E-state index in [9.17, 15) is 4.79 Å². The van der Waals surface area contributed by atoms with Gasteiger partial charge in [0.1, 0.15) is 11.4 Å². The Labute approximate surface area is 125 Å². The zero-order chi connectivity index (χ0) is 15.2. The molecule has 0 spiro atoms. The summed E-state index contributed by atoms with van der Waals surface area (Å²) >= 11 is 0. The van der Waals surface area contributed by atoms with E-state index in [4.69, 9.17) is 4.74 Å². The number of ether oxygens (including phenoxy) is 1. The van der Waals surface area contributed by atoms with Gasteiger partial charge in [-0.25, -0.2) is 0 Å². The minimum absolute atomic E-state index is 0.0603. The van der Waals surface area contributed by atoms with Crippen molar-refractivity contribution in [3.63, 3.8) is 0 Å². The van der Waals surface area contributed by atoms with Gasteiger partial charge in [0.2, 0.25) is 0 Å². The van der Waals surface area contributed by atoms with Crippen molar-refractivity contribution in [2.75, 3.05) is 6.54 Å². The monoisotopic (exact) mass is 288 g/mol. The summed E-state index contributed by atoms with van der Waals surface area (Å²) in [5.74, 6) is 0.790. The first-order valence-corrected chi connectivity index (χ1v) is 7.71. The summed E-state index contributed by atoms with van der Waals surface area (Å²) < 4.78 is 5.88. The molecule has 0 saturated heterocycles. The maximum absolute atomic E-state index is 11.9. The molecule has 0 radical (unpaired) electrons. The van der Waals surface area contributed by atoms with Gasteiger partial charge in [0.15, 0.2) is 0 Å². The van der Waals surface area contributed by atoms with Crippen molar-refractivity contribution in [3.05, 3.63) is 30.0 Å². The van der Waals surface area contributed by atoms with E-state index in [-0.39, 0.29) is 12.0 Å². The number of H-pyrrole nitrogens is 1. The highest BCUT2D eigenvalue weighted by molar-refractivity contribution is 5.98. The highest BCUT2D eigenvalue weighted by Crippen LogP contribution is 2.23. The van der Waals surface area contributed by atoms with E-state index in [0.29, 0.717) is 12.2 Å². The SMILES string of the molecule is CCCNC(=O)c1cc2cc(OC(C)CCC)ccc2[nH]1. The maximum Gasteiger partial charge on any atom is 0.267 e. The van der Waals surface area contributed by atoms with E-state index < -0.39 is 0 Å². The number of amides is 1. The standard InChI is InChI=1S/C17H24N2O2/c1-4-6-12(3)21-14-7-8-15-13(10-14)11-16(19-15)17(20)18-9-5-2/h7-8,10-12,19H,4-6,9H2,1-3H3,(H,18,20). The Balaban J connectivity index is 2.14. The third kappa shape index (κ3) is 4.00. The molecule has 1 amide bonds. The number of fused-ring (bicyclic) bond motifs is 1. The average Bonchev–Trinajstić information content (AvgIpc) is 2.88. The van der Waals surface area contributed by atoms with Crippen LogP contribution in [0, 0.1) is 0 Å². The van der Waals surface area contributed by atoms with E-state index in [2.05, 4.69) is 24.1 Å². The third-order valence-corrected chi connectivity index (χ3v) is 3.40. The highest BCUT2D eigenvalue weighted by Gasteiger charge is 2.10. The van der Waals surface area contributed by atoms with Gasteiger partial charge < -0.3 is 15.0 Å². The molecule has 0 aliphatic carbocycles. The lowest BCUT2D eigenvalue weighted by Crippen LogP contribution is -2.24. The maximum atomic E-state index is 11.9. The Morgan fingerprint density at radius 1 is 1.29 bits per heavy atom. The number of hydrogen-bond donors (Lipinski definition) is 2. The topological polar surface area (TPSA) is 54.1 Å². The van der Waals surface area contributed by atoms with Crippen molar-refractivity contribution in [2.45, 2.75) is 46.1 Å². The van der Waals surface area contributed by atoms with Gasteiger partial charge in [0.05, 0.1) is 6.10 Å². The van der Waals surface area contributed by atoms with E-state index in [0.717, 1.165) is 35.9 Å². The lowest BCUT2D eigenvalue weighted by molar-refractivity contribution is 0.0949. The molecule has 2 aromatic rings. The second-order valence-corrected chi connectivity index (χ2v) is 5.41. The first kappa shape index (κ1) is 15.4. The molecule has 0 aliphatic heterocycles. The Morgan fingerprint density at radius 2 is 2.10 bits per heavy atom. The zero-order valence-electron chi connectivity index (χ0n) is 13.0. The highest BCUT2D eigenvalue weighted by atomic mass is 16.5. The molecule has 4 heteroatoms. The Bertz CT molecular complexity index is 604. The van der Waals surface area contributed by atoms with Crippen molar-refractivity contribution in [1.29, 1.82) is 0 Å². The van der Waals surface area contributed by atoms with Gasteiger partial charge >= 0.3 is 0 Å². The minimum Gasteiger partial charge on any atom is -0.491 e. The quantitative estimate of drug-likeness (QED) is 0.812. The molecule has 4 nitrogen and oxygen atoms in total. The number of aromatic nitrogens is 1. The fourth-order valence-electron chi connectivity index (χ4n) is 2.34. The van der Waals surface area contributed by atoms with Gasteiger partial charge in [-0.05, 0) is 44.0 Å². The first-order valence-electron chi connectivity index (χ1n) is 7.71. The zero-order valence-corrected chi connectivity index (χ0v) is 13.0. The molecule has 1 heterocycles. The van der Waals surface area contributed by atoms with E-state index in [1.54, 1.807) is 0 Å². The van der Waals surface area contributed by atoms with Crippen molar-refractivity contribution in [1.82, 2.24) is 10.3 Å². The van der Waals surface area contributed by atoms with E-state index in [1.807, 2.05) is 31.2 Å². The normalized spacial score (nSPS) is 12.3. The molecule has 1 aromatic heterocycles. The molecule has 1 unspecified atom stereocenters. The molecular formula is C17H24N2O2. The summed E-state index contributed by atoms with van der Waals surface area (Å²) in [7, 11) is 0. The second kappa shape index (κ2) is 7.16. The van der Waals surface area contributed by atoms with Crippen LogP contribution in [-0.4, -0.2) is 23.5 Å². The number of aromatic amines is 1. The molecule has 21 heavy (non-hydrogen) atoms. The lowest BCUT2D eigenvalue weighted by Gasteiger charge is -2.13. The Hall–Kier alpha value is -1.97. The molecule has 0 fully saturated rings. The summed E-state index contributed by atoms with van der Waals surface area (Å²) in [6.45, 7) is 6.95. The van der Waals surface area contributed by atoms with Crippen molar-refractivity contribution in [3.8, 4) is 5.75 Å². The van der Waals surface area contributed by atoms with Gasteiger partial charge in [0.25, 0.3) is 5.91 Å². The second-order valence-electron chi connectivity index (χ2n) is 5.41. The fraction of sp³-hybridized carbons (Fsp3) is 0.471. The number of rotatable bonds is 7. The smallest absolute Gasteiger partial charge is 0.267 e. The molecule has 2 N–H and O–H groups in total. The Morgan fingerprint density at radius 3 is 2.81 bits per heavy atom. The molecule has 1 aromatic carbocycles. The number of hydrogen-bond acceptors (Lipinski definition) is 2. The van der Waals surface area contributed by atoms with Crippen LogP contribution in [-0.2, 0) is 0 Å².